The van der Waals surface area contributed by atoms with Crippen LogP contribution < -0.4 is 11.1 Å². The number of rotatable bonds is 5. The van der Waals surface area contributed by atoms with Gasteiger partial charge >= 0.3 is 0 Å². The second-order valence-electron chi connectivity index (χ2n) is 4.15. The molecule has 17 heavy (non-hydrogen) atoms. The molecule has 3 N–H and O–H groups in total. The molecule has 0 heterocycles. The molecule has 0 spiro atoms. The highest BCUT2D eigenvalue weighted by Crippen LogP contribution is 2.16. The Morgan fingerprint density at radius 2 is 2.12 bits per heavy atom. The van der Waals surface area contributed by atoms with Crippen molar-refractivity contribution in [2.24, 2.45) is 5.73 Å². The normalized spacial score (nSPS) is 14.1. The summed E-state index contributed by atoms with van der Waals surface area (Å²) in [5.41, 5.74) is 6.16. The van der Waals surface area contributed by atoms with Gasteiger partial charge in [0, 0.05) is 5.56 Å². The highest BCUT2D eigenvalue weighted by Gasteiger charge is 2.17. The van der Waals surface area contributed by atoms with Gasteiger partial charge < -0.3 is 11.1 Å². The fraction of sp³-hybridized carbons (Fsp3) is 0.462. The zero-order valence-corrected chi connectivity index (χ0v) is 10.2. The molecule has 1 rings (SSSR count). The first-order valence-corrected chi connectivity index (χ1v) is 5.86. The third-order valence-corrected chi connectivity index (χ3v) is 2.67. The molecule has 0 aromatic heterocycles. The number of hydrogen-bond donors (Lipinski definition) is 2. The molecule has 0 radical (unpaired) electrons. The van der Waals surface area contributed by atoms with E-state index in [1.54, 1.807) is 25.1 Å². The van der Waals surface area contributed by atoms with Crippen LogP contribution in [0.4, 0.5) is 4.39 Å². The van der Waals surface area contributed by atoms with Crippen LogP contribution >= 0.6 is 0 Å². The van der Waals surface area contributed by atoms with Crippen molar-refractivity contribution in [3.8, 4) is 0 Å². The van der Waals surface area contributed by atoms with Crippen molar-refractivity contribution in [3.63, 3.8) is 0 Å². The van der Waals surface area contributed by atoms with E-state index in [9.17, 15) is 9.18 Å². The summed E-state index contributed by atoms with van der Waals surface area (Å²) >= 11 is 0. The Kier molecular flexibility index (Phi) is 5.10. The van der Waals surface area contributed by atoms with Crippen LogP contribution in [0.25, 0.3) is 0 Å². The molecule has 1 aromatic carbocycles. The summed E-state index contributed by atoms with van der Waals surface area (Å²) < 4.78 is 13.5. The minimum Gasteiger partial charge on any atom is -0.348 e. The van der Waals surface area contributed by atoms with Crippen molar-refractivity contribution in [3.05, 3.63) is 35.6 Å². The van der Waals surface area contributed by atoms with Gasteiger partial charge in [-0.05, 0) is 19.4 Å². The number of benzene rings is 1. The van der Waals surface area contributed by atoms with Gasteiger partial charge in [-0.2, -0.15) is 0 Å². The quantitative estimate of drug-likeness (QED) is 0.825. The SMILES string of the molecule is CCC[C@H](N)C(=O)N[C@H](C)c1ccccc1F. The minimum atomic E-state index is -0.519. The van der Waals surface area contributed by atoms with Crippen LogP contribution in [0.1, 0.15) is 38.3 Å². The molecule has 3 nitrogen and oxygen atoms in total. The van der Waals surface area contributed by atoms with E-state index in [0.717, 1.165) is 6.42 Å². The average Bonchev–Trinajstić information content (AvgIpc) is 2.29. The second-order valence-corrected chi connectivity index (χ2v) is 4.15. The molecule has 0 aliphatic rings. The van der Waals surface area contributed by atoms with E-state index < -0.39 is 6.04 Å². The Hall–Kier alpha value is -1.42. The summed E-state index contributed by atoms with van der Waals surface area (Å²) in [5.74, 6) is -0.549. The monoisotopic (exact) mass is 238 g/mol. The molecule has 0 aliphatic carbocycles. The number of amides is 1. The molecule has 2 atom stereocenters. The first-order chi connectivity index (χ1) is 8.06. The molecule has 0 fully saturated rings. The summed E-state index contributed by atoms with van der Waals surface area (Å²) in [6, 6.07) is 5.51. The van der Waals surface area contributed by atoms with Crippen molar-refractivity contribution in [1.29, 1.82) is 0 Å². The molecule has 4 heteroatoms. The lowest BCUT2D eigenvalue weighted by Crippen LogP contribution is -2.41. The van der Waals surface area contributed by atoms with Crippen LogP contribution in [0.15, 0.2) is 24.3 Å². The molecular weight excluding hydrogens is 219 g/mol. The van der Waals surface area contributed by atoms with E-state index in [0.29, 0.717) is 12.0 Å². The summed E-state index contributed by atoms with van der Waals surface area (Å²) in [5, 5.41) is 2.72. The third-order valence-electron chi connectivity index (χ3n) is 2.67. The predicted molar refractivity (Wildman–Crippen MR) is 65.8 cm³/mol. The smallest absolute Gasteiger partial charge is 0.237 e. The van der Waals surface area contributed by atoms with E-state index in [4.69, 9.17) is 5.73 Å². The van der Waals surface area contributed by atoms with Gasteiger partial charge in [-0.3, -0.25) is 4.79 Å². The summed E-state index contributed by atoms with van der Waals surface area (Å²) in [7, 11) is 0. The Morgan fingerprint density at radius 1 is 1.47 bits per heavy atom. The van der Waals surface area contributed by atoms with Gasteiger partial charge in [0.1, 0.15) is 5.82 Å². The summed E-state index contributed by atoms with van der Waals surface area (Å²) in [6.45, 7) is 3.71. The Bertz CT molecular complexity index is 381. The van der Waals surface area contributed by atoms with Gasteiger partial charge in [0.05, 0.1) is 12.1 Å². The van der Waals surface area contributed by atoms with Gasteiger partial charge in [0.2, 0.25) is 5.91 Å². The maximum absolute atomic E-state index is 13.5. The van der Waals surface area contributed by atoms with Gasteiger partial charge in [-0.25, -0.2) is 4.39 Å². The van der Waals surface area contributed by atoms with Crippen LogP contribution in [0.5, 0.6) is 0 Å². The molecule has 0 unspecified atom stereocenters. The number of nitrogens with two attached hydrogens (primary N) is 1. The molecule has 1 amide bonds. The van der Waals surface area contributed by atoms with Crippen molar-refractivity contribution < 1.29 is 9.18 Å². The Balaban J connectivity index is 2.63. The van der Waals surface area contributed by atoms with E-state index in [1.807, 2.05) is 6.92 Å². The maximum atomic E-state index is 13.5. The lowest BCUT2D eigenvalue weighted by atomic mass is 10.1. The van der Waals surface area contributed by atoms with Crippen LogP contribution in [0.3, 0.4) is 0 Å². The summed E-state index contributed by atoms with van der Waals surface area (Å²) in [6.07, 6.45) is 1.48. The fourth-order valence-electron chi connectivity index (χ4n) is 1.67. The minimum absolute atomic E-state index is 0.234. The van der Waals surface area contributed by atoms with Gasteiger partial charge in [-0.1, -0.05) is 31.5 Å². The highest BCUT2D eigenvalue weighted by molar-refractivity contribution is 5.81. The maximum Gasteiger partial charge on any atom is 0.237 e. The first kappa shape index (κ1) is 13.6. The zero-order chi connectivity index (χ0) is 12.8. The van der Waals surface area contributed by atoms with Crippen molar-refractivity contribution in [2.45, 2.75) is 38.8 Å². The van der Waals surface area contributed by atoms with Crippen molar-refractivity contribution in [2.75, 3.05) is 0 Å². The number of nitrogens with one attached hydrogen (secondary N) is 1. The topological polar surface area (TPSA) is 55.1 Å². The van der Waals surface area contributed by atoms with Crippen molar-refractivity contribution in [1.82, 2.24) is 5.32 Å². The third kappa shape index (κ3) is 3.82. The summed E-state index contributed by atoms with van der Waals surface area (Å²) in [4.78, 5) is 11.7. The highest BCUT2D eigenvalue weighted by atomic mass is 19.1. The number of hydrogen-bond acceptors (Lipinski definition) is 2. The number of carbonyl (C=O) groups is 1. The molecular formula is C13H19FN2O. The van der Waals surface area contributed by atoms with Crippen LogP contribution in [-0.2, 0) is 4.79 Å². The number of carbonyl (C=O) groups excluding carboxylic acids is 1. The van der Waals surface area contributed by atoms with Crippen LogP contribution in [0.2, 0.25) is 0 Å². The lowest BCUT2D eigenvalue weighted by Gasteiger charge is -2.18. The molecule has 0 bridgehead atoms. The molecule has 1 aromatic rings. The Labute approximate surface area is 101 Å². The molecule has 94 valence electrons. The van der Waals surface area contributed by atoms with Crippen molar-refractivity contribution >= 4 is 5.91 Å². The molecule has 0 aliphatic heterocycles. The number of halogens is 1. The van der Waals surface area contributed by atoms with Gasteiger partial charge in [-0.15, -0.1) is 0 Å². The Morgan fingerprint density at radius 3 is 2.71 bits per heavy atom. The van der Waals surface area contributed by atoms with E-state index in [2.05, 4.69) is 5.32 Å². The predicted octanol–water partition coefficient (Wildman–Crippen LogP) is 2.13. The van der Waals surface area contributed by atoms with Gasteiger partial charge in [0.15, 0.2) is 0 Å². The van der Waals surface area contributed by atoms with Gasteiger partial charge in [0.25, 0.3) is 0 Å². The van der Waals surface area contributed by atoms with E-state index in [1.165, 1.54) is 6.07 Å². The average molecular weight is 238 g/mol. The van der Waals surface area contributed by atoms with Crippen LogP contribution in [0, 0.1) is 5.82 Å². The fourth-order valence-corrected chi connectivity index (χ4v) is 1.67. The molecule has 0 saturated carbocycles. The van der Waals surface area contributed by atoms with E-state index in [-0.39, 0.29) is 17.8 Å². The standard InChI is InChI=1S/C13H19FN2O/c1-3-6-12(15)13(17)16-9(2)10-7-4-5-8-11(10)14/h4-5,7-9,12H,3,6,15H2,1-2H3,(H,16,17)/t9-,12+/m1/s1. The second kappa shape index (κ2) is 6.35. The van der Waals surface area contributed by atoms with E-state index >= 15 is 0 Å². The largest absolute Gasteiger partial charge is 0.348 e. The lowest BCUT2D eigenvalue weighted by molar-refractivity contribution is -0.123. The zero-order valence-electron chi connectivity index (χ0n) is 10.2. The van der Waals surface area contributed by atoms with Crippen LogP contribution in [-0.4, -0.2) is 11.9 Å². The first-order valence-electron chi connectivity index (χ1n) is 5.86. The molecule has 0 saturated heterocycles.